The van der Waals surface area contributed by atoms with Crippen molar-refractivity contribution in [3.8, 4) is 5.75 Å². The second-order valence-electron chi connectivity index (χ2n) is 10.0. The first-order valence-corrected chi connectivity index (χ1v) is 13.0. The molecule has 1 amide bonds. The molecule has 1 aromatic heterocycles. The number of ether oxygens (including phenoxy) is 1. The molecule has 8 nitrogen and oxygen atoms in total. The maximum absolute atomic E-state index is 13.6. The van der Waals surface area contributed by atoms with E-state index in [9.17, 15) is 18.8 Å². The van der Waals surface area contributed by atoms with Crippen molar-refractivity contribution in [2.24, 2.45) is 11.1 Å². The minimum absolute atomic E-state index is 0.0779. The smallest absolute Gasteiger partial charge is 0.313 e. The Morgan fingerprint density at radius 1 is 0.975 bits per heavy atom. The van der Waals surface area contributed by atoms with Crippen molar-refractivity contribution < 1.29 is 28.3 Å². The SMILES string of the molecule is CC(C)[C@@]1(C(=O)N[C@@H](CC(=O)Oc2cccc3ccccc23)C(=O)CF)CC(c2nccc3ccccc23)=NO1. The Morgan fingerprint density at radius 3 is 2.38 bits per heavy atom. The Hall–Kier alpha value is -4.66. The summed E-state index contributed by atoms with van der Waals surface area (Å²) in [6.45, 7) is 2.22. The second-order valence-corrected chi connectivity index (χ2v) is 10.0. The molecule has 0 aliphatic carbocycles. The lowest BCUT2D eigenvalue weighted by Crippen LogP contribution is -2.56. The van der Waals surface area contributed by atoms with Gasteiger partial charge in [-0.15, -0.1) is 0 Å². The number of oxime groups is 1. The van der Waals surface area contributed by atoms with E-state index in [1.165, 1.54) is 0 Å². The number of nitrogens with one attached hydrogen (secondary N) is 1. The van der Waals surface area contributed by atoms with Crippen LogP contribution in [0.2, 0.25) is 0 Å². The summed E-state index contributed by atoms with van der Waals surface area (Å²) in [6.07, 6.45) is 1.19. The molecular formula is C31H28FN3O5. The van der Waals surface area contributed by atoms with Crippen LogP contribution in [0.3, 0.4) is 0 Å². The van der Waals surface area contributed by atoms with Gasteiger partial charge in [-0.05, 0) is 22.9 Å². The fourth-order valence-electron chi connectivity index (χ4n) is 4.85. The maximum atomic E-state index is 13.6. The number of ketones is 1. The van der Waals surface area contributed by atoms with Gasteiger partial charge in [-0.2, -0.15) is 0 Å². The van der Waals surface area contributed by atoms with Crippen LogP contribution in [-0.4, -0.2) is 46.7 Å². The van der Waals surface area contributed by atoms with E-state index in [1.807, 2.05) is 54.6 Å². The molecule has 4 aromatic rings. The average molecular weight is 542 g/mol. The quantitative estimate of drug-likeness (QED) is 0.238. The van der Waals surface area contributed by atoms with Crippen LogP contribution in [0, 0.1) is 5.92 Å². The largest absolute Gasteiger partial charge is 0.426 e. The van der Waals surface area contributed by atoms with Crippen molar-refractivity contribution in [1.29, 1.82) is 0 Å². The standard InChI is InChI=1S/C31H28FN3O5/c1-19(2)31(17-25(35-40-31)29-23-12-6-4-9-21(23)14-15-33-29)30(38)34-24(26(36)18-32)16-28(37)39-27-13-7-10-20-8-3-5-11-22(20)27/h3-15,19,24H,16-18H2,1-2H3,(H,34,38)/t24-,31+/m0/s1. The molecule has 204 valence electrons. The van der Waals surface area contributed by atoms with E-state index < -0.39 is 42.4 Å². The zero-order valence-corrected chi connectivity index (χ0v) is 22.1. The van der Waals surface area contributed by atoms with Crippen LogP contribution in [0.4, 0.5) is 4.39 Å². The number of carbonyl (C=O) groups is 3. The molecule has 0 saturated heterocycles. The number of Topliss-reactive ketones (excluding diaryl/α,β-unsaturated/α-hetero) is 1. The molecule has 9 heteroatoms. The first-order chi connectivity index (χ1) is 19.3. The molecule has 1 aliphatic rings. The predicted molar refractivity (Wildman–Crippen MR) is 149 cm³/mol. The highest BCUT2D eigenvalue weighted by Gasteiger charge is 2.51. The number of amides is 1. The number of hydrogen-bond acceptors (Lipinski definition) is 7. The summed E-state index contributed by atoms with van der Waals surface area (Å²) in [5, 5.41) is 10.1. The Labute approximate surface area is 230 Å². The number of esters is 1. The highest BCUT2D eigenvalue weighted by atomic mass is 19.1. The molecular weight excluding hydrogens is 513 g/mol. The van der Waals surface area contributed by atoms with Crippen LogP contribution in [0.5, 0.6) is 5.75 Å². The van der Waals surface area contributed by atoms with Crippen molar-refractivity contribution in [1.82, 2.24) is 10.3 Å². The molecule has 0 saturated carbocycles. The van der Waals surface area contributed by atoms with Gasteiger partial charge in [0.1, 0.15) is 24.2 Å². The molecule has 40 heavy (non-hydrogen) atoms. The predicted octanol–water partition coefficient (Wildman–Crippen LogP) is 4.93. The molecule has 2 heterocycles. The third-order valence-corrected chi connectivity index (χ3v) is 7.18. The van der Waals surface area contributed by atoms with Gasteiger partial charge in [-0.1, -0.05) is 79.7 Å². The molecule has 0 spiro atoms. The summed E-state index contributed by atoms with van der Waals surface area (Å²) < 4.78 is 19.0. The average Bonchev–Trinajstić information content (AvgIpc) is 3.43. The Balaban J connectivity index is 1.34. The molecule has 0 unspecified atom stereocenters. The fraction of sp³-hybridized carbons (Fsp3) is 0.258. The summed E-state index contributed by atoms with van der Waals surface area (Å²) >= 11 is 0. The van der Waals surface area contributed by atoms with Crippen molar-refractivity contribution in [3.05, 3.63) is 84.7 Å². The van der Waals surface area contributed by atoms with Crippen molar-refractivity contribution >= 4 is 44.9 Å². The monoisotopic (exact) mass is 541 g/mol. The van der Waals surface area contributed by atoms with E-state index in [-0.39, 0.29) is 12.3 Å². The number of fused-ring (bicyclic) bond motifs is 2. The molecule has 0 radical (unpaired) electrons. The summed E-state index contributed by atoms with van der Waals surface area (Å²) in [5.41, 5.74) is -0.421. The number of benzene rings is 3. The van der Waals surface area contributed by atoms with Gasteiger partial charge in [-0.25, -0.2) is 4.39 Å². The summed E-state index contributed by atoms with van der Waals surface area (Å²) in [5.74, 6) is -2.48. The Kier molecular flexibility index (Phi) is 7.55. The summed E-state index contributed by atoms with van der Waals surface area (Å²) in [6, 6.07) is 20.7. The van der Waals surface area contributed by atoms with E-state index >= 15 is 0 Å². The highest BCUT2D eigenvalue weighted by Crippen LogP contribution is 2.35. The topological polar surface area (TPSA) is 107 Å². The highest BCUT2D eigenvalue weighted by molar-refractivity contribution is 6.12. The van der Waals surface area contributed by atoms with E-state index in [1.54, 1.807) is 38.2 Å². The van der Waals surface area contributed by atoms with Gasteiger partial charge in [0, 0.05) is 29.3 Å². The summed E-state index contributed by atoms with van der Waals surface area (Å²) in [7, 11) is 0. The number of halogens is 1. The van der Waals surface area contributed by atoms with Gasteiger partial charge in [0.2, 0.25) is 5.60 Å². The van der Waals surface area contributed by atoms with Gasteiger partial charge in [-0.3, -0.25) is 19.4 Å². The van der Waals surface area contributed by atoms with E-state index in [4.69, 9.17) is 9.57 Å². The zero-order valence-electron chi connectivity index (χ0n) is 22.1. The fourth-order valence-corrected chi connectivity index (χ4v) is 4.85. The van der Waals surface area contributed by atoms with Crippen molar-refractivity contribution in [3.63, 3.8) is 0 Å². The van der Waals surface area contributed by atoms with E-state index in [0.717, 1.165) is 16.2 Å². The van der Waals surface area contributed by atoms with Crippen LogP contribution in [-0.2, 0) is 19.2 Å². The van der Waals surface area contributed by atoms with Crippen molar-refractivity contribution in [2.45, 2.75) is 38.3 Å². The van der Waals surface area contributed by atoms with Crippen LogP contribution >= 0.6 is 0 Å². The van der Waals surface area contributed by atoms with Gasteiger partial charge in [0.15, 0.2) is 5.78 Å². The van der Waals surface area contributed by atoms with E-state index in [0.29, 0.717) is 22.5 Å². The lowest BCUT2D eigenvalue weighted by atomic mass is 9.83. The third kappa shape index (κ3) is 5.14. The number of hydrogen-bond donors (Lipinski definition) is 1. The normalized spacial score (nSPS) is 17.4. The van der Waals surface area contributed by atoms with Gasteiger partial charge in [0.05, 0.1) is 12.1 Å². The third-order valence-electron chi connectivity index (χ3n) is 7.18. The van der Waals surface area contributed by atoms with Gasteiger partial charge >= 0.3 is 5.97 Å². The molecule has 0 bridgehead atoms. The molecule has 0 fully saturated rings. The molecule has 2 atom stereocenters. The lowest BCUT2D eigenvalue weighted by Gasteiger charge is -2.30. The minimum atomic E-state index is -1.48. The Morgan fingerprint density at radius 2 is 1.65 bits per heavy atom. The first-order valence-electron chi connectivity index (χ1n) is 13.0. The zero-order chi connectivity index (χ0) is 28.3. The number of aromatic nitrogens is 1. The number of carbonyl (C=O) groups excluding carboxylic acids is 3. The lowest BCUT2D eigenvalue weighted by molar-refractivity contribution is -0.152. The number of pyridine rings is 1. The van der Waals surface area contributed by atoms with Crippen LogP contribution < -0.4 is 10.1 Å². The summed E-state index contributed by atoms with van der Waals surface area (Å²) in [4.78, 5) is 49.2. The number of nitrogens with zero attached hydrogens (tertiary/aromatic N) is 2. The van der Waals surface area contributed by atoms with Crippen molar-refractivity contribution in [2.75, 3.05) is 6.67 Å². The van der Waals surface area contributed by atoms with E-state index in [2.05, 4.69) is 15.5 Å². The molecule has 5 rings (SSSR count). The van der Waals surface area contributed by atoms with Gasteiger partial charge < -0.3 is 14.9 Å². The van der Waals surface area contributed by atoms with Crippen LogP contribution in [0.15, 0.2) is 84.1 Å². The maximum Gasteiger partial charge on any atom is 0.313 e. The molecule has 1 aliphatic heterocycles. The first kappa shape index (κ1) is 26.9. The minimum Gasteiger partial charge on any atom is -0.426 e. The Bertz CT molecular complexity index is 1630. The molecule has 1 N–H and O–H groups in total. The van der Waals surface area contributed by atoms with Crippen LogP contribution in [0.1, 0.15) is 32.4 Å². The second kappa shape index (κ2) is 11.2. The van der Waals surface area contributed by atoms with Crippen LogP contribution in [0.25, 0.3) is 21.5 Å². The number of alkyl halides is 1. The van der Waals surface area contributed by atoms with Gasteiger partial charge in [0.25, 0.3) is 5.91 Å². The number of rotatable bonds is 9. The molecule has 3 aromatic carbocycles.